The lowest BCUT2D eigenvalue weighted by Gasteiger charge is -2.28. The van der Waals surface area contributed by atoms with Crippen molar-refractivity contribution < 1.29 is 18.7 Å². The summed E-state index contributed by atoms with van der Waals surface area (Å²) in [6, 6.07) is 15.2. The molecule has 1 aliphatic rings. The number of nitrogens with zero attached hydrogens (tertiary/aromatic N) is 1. The average Bonchev–Trinajstić information content (AvgIpc) is 3.08. The minimum atomic E-state index is -0.336. The van der Waals surface area contributed by atoms with E-state index in [9.17, 15) is 4.79 Å². The Balaban J connectivity index is 1.53. The zero-order valence-corrected chi connectivity index (χ0v) is 14.5. The van der Waals surface area contributed by atoms with Gasteiger partial charge in [0.05, 0.1) is 25.7 Å². The van der Waals surface area contributed by atoms with Gasteiger partial charge in [0.1, 0.15) is 5.58 Å². The predicted molar refractivity (Wildman–Crippen MR) is 100 cm³/mol. The molecule has 0 saturated carbocycles. The van der Waals surface area contributed by atoms with Gasteiger partial charge in [0.25, 0.3) is 5.91 Å². The Kier molecular flexibility index (Phi) is 4.50. The smallest absolute Gasteiger partial charge is 0.295 e. The number of para-hydroxylation sites is 1. The number of hydrogen-bond donors (Lipinski definition) is 1. The van der Waals surface area contributed by atoms with E-state index in [1.165, 1.54) is 7.11 Å². The molecule has 0 aliphatic carbocycles. The molecule has 6 heteroatoms. The number of rotatable bonds is 4. The van der Waals surface area contributed by atoms with Crippen LogP contribution in [0, 0.1) is 0 Å². The molecule has 1 N–H and O–H groups in total. The van der Waals surface area contributed by atoms with Crippen molar-refractivity contribution in [3.05, 3.63) is 54.3 Å². The Labute approximate surface area is 151 Å². The van der Waals surface area contributed by atoms with Crippen molar-refractivity contribution in [2.45, 2.75) is 0 Å². The van der Waals surface area contributed by atoms with Crippen LogP contribution >= 0.6 is 0 Å². The number of hydrogen-bond acceptors (Lipinski definition) is 5. The van der Waals surface area contributed by atoms with Crippen LogP contribution in [0.5, 0.6) is 5.75 Å². The first-order chi connectivity index (χ1) is 12.8. The fourth-order valence-corrected chi connectivity index (χ4v) is 3.14. The minimum absolute atomic E-state index is 0.172. The van der Waals surface area contributed by atoms with E-state index in [2.05, 4.69) is 10.2 Å². The lowest BCUT2D eigenvalue weighted by atomic mass is 10.2. The van der Waals surface area contributed by atoms with E-state index >= 15 is 0 Å². The van der Waals surface area contributed by atoms with E-state index in [4.69, 9.17) is 13.9 Å². The number of anilines is 2. The first kappa shape index (κ1) is 16.5. The zero-order chi connectivity index (χ0) is 17.9. The first-order valence-corrected chi connectivity index (χ1v) is 8.56. The molecular formula is C20H20N2O4. The summed E-state index contributed by atoms with van der Waals surface area (Å²) >= 11 is 0. The summed E-state index contributed by atoms with van der Waals surface area (Å²) in [5.74, 6) is 0.283. The number of ether oxygens (including phenoxy) is 2. The molecule has 0 unspecified atom stereocenters. The highest BCUT2D eigenvalue weighted by Crippen LogP contribution is 2.33. The maximum atomic E-state index is 12.6. The summed E-state index contributed by atoms with van der Waals surface area (Å²) in [5, 5.41) is 3.65. The molecule has 0 radical (unpaired) electrons. The molecule has 2 heterocycles. The van der Waals surface area contributed by atoms with E-state index in [0.29, 0.717) is 17.0 Å². The zero-order valence-electron chi connectivity index (χ0n) is 14.5. The van der Waals surface area contributed by atoms with Crippen LogP contribution in [-0.4, -0.2) is 39.3 Å². The van der Waals surface area contributed by atoms with E-state index in [0.717, 1.165) is 37.4 Å². The Morgan fingerprint density at radius 1 is 1.08 bits per heavy atom. The number of fused-ring (bicyclic) bond motifs is 1. The third-order valence-corrected chi connectivity index (χ3v) is 4.46. The summed E-state index contributed by atoms with van der Waals surface area (Å²) in [7, 11) is 1.53. The number of morpholine rings is 1. The van der Waals surface area contributed by atoms with Crippen LogP contribution in [0.25, 0.3) is 11.0 Å². The second kappa shape index (κ2) is 7.09. The summed E-state index contributed by atoms with van der Waals surface area (Å²) < 4.78 is 16.4. The highest BCUT2D eigenvalue weighted by Gasteiger charge is 2.21. The van der Waals surface area contributed by atoms with E-state index < -0.39 is 0 Å². The van der Waals surface area contributed by atoms with E-state index in [1.54, 1.807) is 0 Å². The molecule has 6 nitrogen and oxygen atoms in total. The standard InChI is InChI=1S/C20H20N2O4/c1-24-18-16-4-2-3-5-17(16)26-19(18)20(23)21-14-6-8-15(9-7-14)22-10-12-25-13-11-22/h2-9H,10-13H2,1H3,(H,21,23). The van der Waals surface area contributed by atoms with Crippen molar-refractivity contribution in [3.63, 3.8) is 0 Å². The summed E-state index contributed by atoms with van der Waals surface area (Å²) in [6.07, 6.45) is 0. The lowest BCUT2D eigenvalue weighted by Crippen LogP contribution is -2.36. The Hall–Kier alpha value is -2.99. The number of furan rings is 1. The maximum absolute atomic E-state index is 12.6. The molecule has 2 aromatic carbocycles. The SMILES string of the molecule is COc1c(C(=O)Nc2ccc(N3CCOCC3)cc2)oc2ccccc12. The molecule has 1 saturated heterocycles. The molecule has 1 aliphatic heterocycles. The van der Waals surface area contributed by atoms with E-state index in [1.807, 2.05) is 48.5 Å². The third kappa shape index (κ3) is 3.11. The number of carbonyl (C=O) groups is 1. The number of nitrogens with one attached hydrogen (secondary N) is 1. The second-order valence-corrected chi connectivity index (χ2v) is 6.06. The molecular weight excluding hydrogens is 332 g/mol. The van der Waals surface area contributed by atoms with Gasteiger partial charge in [-0.2, -0.15) is 0 Å². The van der Waals surface area contributed by atoms with Gasteiger partial charge in [0.15, 0.2) is 5.75 Å². The van der Waals surface area contributed by atoms with Gasteiger partial charge >= 0.3 is 0 Å². The molecule has 1 fully saturated rings. The summed E-state index contributed by atoms with van der Waals surface area (Å²) in [6.45, 7) is 3.23. The van der Waals surface area contributed by atoms with Crippen molar-refractivity contribution >= 4 is 28.3 Å². The van der Waals surface area contributed by atoms with Crippen LogP contribution in [0.15, 0.2) is 52.9 Å². The van der Waals surface area contributed by atoms with Gasteiger partial charge in [-0.25, -0.2) is 0 Å². The van der Waals surface area contributed by atoms with Gasteiger partial charge in [-0.3, -0.25) is 4.79 Å². The predicted octanol–water partition coefficient (Wildman–Crippen LogP) is 3.53. The molecule has 134 valence electrons. The molecule has 3 aromatic rings. The van der Waals surface area contributed by atoms with Crippen LogP contribution in [0.4, 0.5) is 11.4 Å². The number of methoxy groups -OCH3 is 1. The van der Waals surface area contributed by atoms with E-state index in [-0.39, 0.29) is 11.7 Å². The van der Waals surface area contributed by atoms with Gasteiger partial charge in [-0.15, -0.1) is 0 Å². The Morgan fingerprint density at radius 2 is 1.81 bits per heavy atom. The van der Waals surface area contributed by atoms with Crippen LogP contribution in [0.1, 0.15) is 10.6 Å². The van der Waals surface area contributed by atoms with Crippen molar-refractivity contribution in [2.24, 2.45) is 0 Å². The van der Waals surface area contributed by atoms with Gasteiger partial charge in [-0.1, -0.05) is 12.1 Å². The number of amides is 1. The normalized spacial score (nSPS) is 14.4. The van der Waals surface area contributed by atoms with Crippen LogP contribution in [0.2, 0.25) is 0 Å². The van der Waals surface area contributed by atoms with Crippen molar-refractivity contribution in [2.75, 3.05) is 43.6 Å². The van der Waals surface area contributed by atoms with Crippen LogP contribution in [0.3, 0.4) is 0 Å². The fourth-order valence-electron chi connectivity index (χ4n) is 3.14. The van der Waals surface area contributed by atoms with Gasteiger partial charge in [0, 0.05) is 24.5 Å². The minimum Gasteiger partial charge on any atom is -0.492 e. The van der Waals surface area contributed by atoms with Crippen molar-refractivity contribution in [1.29, 1.82) is 0 Å². The molecule has 0 spiro atoms. The van der Waals surface area contributed by atoms with Gasteiger partial charge in [0.2, 0.25) is 5.76 Å². The Morgan fingerprint density at radius 3 is 2.54 bits per heavy atom. The highest BCUT2D eigenvalue weighted by molar-refractivity contribution is 6.08. The number of benzene rings is 2. The van der Waals surface area contributed by atoms with Crippen molar-refractivity contribution in [3.8, 4) is 5.75 Å². The van der Waals surface area contributed by atoms with Crippen LogP contribution in [-0.2, 0) is 4.74 Å². The average molecular weight is 352 g/mol. The summed E-state index contributed by atoms with van der Waals surface area (Å²) in [4.78, 5) is 14.9. The summed E-state index contributed by atoms with van der Waals surface area (Å²) in [5.41, 5.74) is 2.44. The lowest BCUT2D eigenvalue weighted by molar-refractivity contribution is 0.0994. The molecule has 0 bridgehead atoms. The molecule has 1 amide bonds. The van der Waals surface area contributed by atoms with Gasteiger partial charge < -0.3 is 24.1 Å². The largest absolute Gasteiger partial charge is 0.492 e. The van der Waals surface area contributed by atoms with Crippen molar-refractivity contribution in [1.82, 2.24) is 0 Å². The topological polar surface area (TPSA) is 63.9 Å². The second-order valence-electron chi connectivity index (χ2n) is 6.06. The molecule has 4 rings (SSSR count). The maximum Gasteiger partial charge on any atom is 0.295 e. The number of carbonyl (C=O) groups excluding carboxylic acids is 1. The molecule has 0 atom stereocenters. The van der Waals surface area contributed by atoms with Gasteiger partial charge in [-0.05, 0) is 36.4 Å². The first-order valence-electron chi connectivity index (χ1n) is 8.56. The molecule has 26 heavy (non-hydrogen) atoms. The third-order valence-electron chi connectivity index (χ3n) is 4.46. The quantitative estimate of drug-likeness (QED) is 0.778. The monoisotopic (exact) mass is 352 g/mol. The van der Waals surface area contributed by atoms with Crippen LogP contribution < -0.4 is 15.0 Å². The molecule has 1 aromatic heterocycles. The highest BCUT2D eigenvalue weighted by atomic mass is 16.5. The fraction of sp³-hybridized carbons (Fsp3) is 0.250. The Bertz CT molecular complexity index is 911.